The van der Waals surface area contributed by atoms with Gasteiger partial charge in [0.05, 0.1) is 25.4 Å². The van der Waals surface area contributed by atoms with Crippen LogP contribution in [0.25, 0.3) is 0 Å². The fraction of sp³-hybridized carbons (Fsp3) is 0.480. The van der Waals surface area contributed by atoms with Gasteiger partial charge in [0.1, 0.15) is 5.82 Å². The van der Waals surface area contributed by atoms with Crippen molar-refractivity contribution in [3.63, 3.8) is 0 Å². The molecule has 1 aromatic heterocycles. The Hall–Kier alpha value is -2.85. The zero-order valence-electron chi connectivity index (χ0n) is 19.9. The van der Waals surface area contributed by atoms with E-state index >= 15 is 0 Å². The molecule has 4 rings (SSSR count). The number of hydrogen-bond acceptors (Lipinski definition) is 8. The minimum Gasteiger partial charge on any atom is -0.461 e. The quantitative estimate of drug-likeness (QED) is 0.381. The first kappa shape index (κ1) is 25.2. The first-order chi connectivity index (χ1) is 16.9. The van der Waals surface area contributed by atoms with Crippen molar-refractivity contribution in [2.24, 2.45) is 5.92 Å². The van der Waals surface area contributed by atoms with Gasteiger partial charge < -0.3 is 4.74 Å². The van der Waals surface area contributed by atoms with Crippen molar-refractivity contribution in [1.82, 2.24) is 19.9 Å². The molecule has 0 radical (unpaired) electrons. The maximum absolute atomic E-state index is 14.8. The van der Waals surface area contributed by atoms with Crippen molar-refractivity contribution < 1.29 is 23.5 Å². The summed E-state index contributed by atoms with van der Waals surface area (Å²) in [4.78, 5) is 39.1. The van der Waals surface area contributed by atoms with Crippen LogP contribution in [0.1, 0.15) is 55.2 Å². The van der Waals surface area contributed by atoms with Crippen LogP contribution in [0.15, 0.2) is 42.1 Å². The highest BCUT2D eigenvalue weighted by molar-refractivity contribution is 8.14. The van der Waals surface area contributed by atoms with E-state index < -0.39 is 12.0 Å². The molecule has 2 unspecified atom stereocenters. The molecule has 2 fully saturated rings. The molecular formula is C25H29FN4O4S. The fourth-order valence-corrected chi connectivity index (χ4v) is 5.30. The number of piperidine rings is 1. The lowest BCUT2D eigenvalue weighted by Gasteiger charge is -2.38. The van der Waals surface area contributed by atoms with E-state index in [0.717, 1.165) is 18.4 Å². The van der Waals surface area contributed by atoms with Gasteiger partial charge in [-0.2, -0.15) is 0 Å². The summed E-state index contributed by atoms with van der Waals surface area (Å²) in [5, 5.41) is 7.82. The number of hydrogen-bond donors (Lipinski definition) is 0. The monoisotopic (exact) mass is 500 g/mol. The highest BCUT2D eigenvalue weighted by atomic mass is 32.2. The van der Waals surface area contributed by atoms with Crippen LogP contribution in [0, 0.1) is 11.7 Å². The first-order valence-corrected chi connectivity index (χ1v) is 12.7. The number of aromatic nitrogens is 3. The van der Waals surface area contributed by atoms with Crippen molar-refractivity contribution in [2.75, 3.05) is 19.7 Å². The van der Waals surface area contributed by atoms with Crippen molar-refractivity contribution in [1.29, 1.82) is 0 Å². The van der Waals surface area contributed by atoms with Crippen molar-refractivity contribution in [2.45, 2.75) is 50.9 Å². The third-order valence-corrected chi connectivity index (χ3v) is 7.32. The second-order valence-electron chi connectivity index (χ2n) is 8.78. The Labute approximate surface area is 207 Å². The summed E-state index contributed by atoms with van der Waals surface area (Å²) in [6.07, 6.45) is 5.82. The van der Waals surface area contributed by atoms with Gasteiger partial charge in [-0.3, -0.25) is 14.5 Å². The Kier molecular flexibility index (Phi) is 8.12. The van der Waals surface area contributed by atoms with Gasteiger partial charge in [-0.25, -0.2) is 13.9 Å². The topological polar surface area (TPSA) is 94.4 Å². The predicted octanol–water partition coefficient (Wildman–Crippen LogP) is 3.59. The van der Waals surface area contributed by atoms with E-state index in [-0.39, 0.29) is 40.2 Å². The van der Waals surface area contributed by atoms with Crippen molar-refractivity contribution in [3.8, 4) is 0 Å². The number of ether oxygens (including phenoxy) is 1. The maximum Gasteiger partial charge on any atom is 0.360 e. The summed E-state index contributed by atoms with van der Waals surface area (Å²) >= 11 is 1.26. The Morgan fingerprint density at radius 1 is 1.26 bits per heavy atom. The minimum absolute atomic E-state index is 0.0133. The van der Waals surface area contributed by atoms with Crippen LogP contribution in [0.4, 0.5) is 4.39 Å². The van der Waals surface area contributed by atoms with E-state index in [1.54, 1.807) is 25.1 Å². The number of Topliss-reactive ketones (excluding diaryl/α,β-unsaturated/α-hetero) is 1. The van der Waals surface area contributed by atoms with Gasteiger partial charge in [0, 0.05) is 36.7 Å². The third kappa shape index (κ3) is 6.24. The summed E-state index contributed by atoms with van der Waals surface area (Å²) in [5.74, 6) is -0.881. The number of allylic oxidation sites excluding steroid dienone is 1. The Bertz CT molecular complexity index is 1130. The van der Waals surface area contributed by atoms with Crippen molar-refractivity contribution in [3.05, 3.63) is 59.2 Å². The molecule has 1 aliphatic carbocycles. The molecule has 2 aliphatic rings. The molecule has 1 saturated carbocycles. The first-order valence-electron chi connectivity index (χ1n) is 11.8. The van der Waals surface area contributed by atoms with Crippen LogP contribution < -0.4 is 0 Å². The lowest BCUT2D eigenvalue weighted by molar-refractivity contribution is -0.126. The molecule has 0 amide bonds. The van der Waals surface area contributed by atoms with Crippen LogP contribution in [0.5, 0.6) is 0 Å². The molecule has 186 valence electrons. The average molecular weight is 501 g/mol. The fourth-order valence-electron chi connectivity index (χ4n) is 4.35. The number of rotatable bonds is 9. The molecular weight excluding hydrogens is 471 g/mol. The molecule has 10 heteroatoms. The number of halogens is 1. The highest BCUT2D eigenvalue weighted by Gasteiger charge is 2.41. The van der Waals surface area contributed by atoms with E-state index in [2.05, 4.69) is 10.3 Å². The standard InChI is InChI=1S/C25H29FN4O4S/c1-3-34-25(33)21-15-30(28-27-21)13-10-18-14-29(12-11-22(18)35-16(2)31)23(24(32)17-8-9-17)19-6-4-5-7-20(19)26/h4-7,10,15,17,22-23H,3,8-9,11-14H2,1-2H3/b18-10-. The molecule has 2 heterocycles. The summed E-state index contributed by atoms with van der Waals surface area (Å²) in [7, 11) is 0. The molecule has 1 aromatic carbocycles. The second-order valence-corrected chi connectivity index (χ2v) is 10.2. The molecule has 1 saturated heterocycles. The molecule has 0 N–H and O–H groups in total. The molecule has 1 aliphatic heterocycles. The average Bonchev–Trinajstić information content (AvgIpc) is 3.57. The zero-order valence-corrected chi connectivity index (χ0v) is 20.7. The van der Waals surface area contributed by atoms with Gasteiger partial charge in [0.25, 0.3) is 0 Å². The van der Waals surface area contributed by atoms with E-state index in [1.165, 1.54) is 35.6 Å². The third-order valence-electron chi connectivity index (χ3n) is 6.16. The molecule has 0 bridgehead atoms. The largest absolute Gasteiger partial charge is 0.461 e. The van der Waals surface area contributed by atoms with Crippen LogP contribution in [0.2, 0.25) is 0 Å². The number of likely N-dealkylation sites (tertiary alicyclic amines) is 1. The molecule has 2 atom stereocenters. The number of ketones is 1. The summed E-state index contributed by atoms with van der Waals surface area (Å²) in [6.45, 7) is 4.86. The number of carbonyl (C=O) groups excluding carboxylic acids is 3. The van der Waals surface area contributed by atoms with Gasteiger partial charge >= 0.3 is 5.97 Å². The predicted molar refractivity (Wildman–Crippen MR) is 129 cm³/mol. The lowest BCUT2D eigenvalue weighted by atomic mass is 9.93. The van der Waals surface area contributed by atoms with Gasteiger partial charge in [0.15, 0.2) is 16.6 Å². The van der Waals surface area contributed by atoms with E-state index in [9.17, 15) is 18.8 Å². The number of carbonyl (C=O) groups is 3. The Morgan fingerprint density at radius 3 is 2.71 bits per heavy atom. The second kappa shape index (κ2) is 11.3. The molecule has 2 aromatic rings. The summed E-state index contributed by atoms with van der Waals surface area (Å²) in [6, 6.07) is 5.81. The van der Waals surface area contributed by atoms with E-state index in [4.69, 9.17) is 4.74 Å². The van der Waals surface area contributed by atoms with Crippen LogP contribution in [-0.4, -0.2) is 61.7 Å². The normalized spacial score (nSPS) is 20.5. The van der Waals surface area contributed by atoms with E-state index in [0.29, 0.717) is 31.6 Å². The molecule has 35 heavy (non-hydrogen) atoms. The molecule has 0 spiro atoms. The summed E-state index contributed by atoms with van der Waals surface area (Å²) < 4.78 is 21.3. The number of benzene rings is 1. The van der Waals surface area contributed by atoms with Gasteiger partial charge in [-0.05, 0) is 37.8 Å². The summed E-state index contributed by atoms with van der Waals surface area (Å²) in [5.41, 5.74) is 1.49. The Balaban J connectivity index is 1.57. The van der Waals surface area contributed by atoms with E-state index in [1.807, 2.05) is 11.0 Å². The van der Waals surface area contributed by atoms with Crippen LogP contribution in [0.3, 0.4) is 0 Å². The maximum atomic E-state index is 14.8. The van der Waals surface area contributed by atoms with Gasteiger partial charge in [-0.1, -0.05) is 41.3 Å². The minimum atomic E-state index is -0.655. The number of thioether (sulfide) groups is 1. The van der Waals surface area contributed by atoms with Crippen LogP contribution >= 0.6 is 11.8 Å². The number of esters is 1. The zero-order chi connectivity index (χ0) is 24.9. The number of nitrogens with zero attached hydrogens (tertiary/aromatic N) is 4. The molecule has 8 nitrogen and oxygen atoms in total. The lowest BCUT2D eigenvalue weighted by Crippen LogP contribution is -2.43. The van der Waals surface area contributed by atoms with Crippen molar-refractivity contribution >= 4 is 28.6 Å². The van der Waals surface area contributed by atoms with Crippen LogP contribution in [-0.2, 0) is 20.9 Å². The van der Waals surface area contributed by atoms with Gasteiger partial charge in [0.2, 0.25) is 0 Å². The highest BCUT2D eigenvalue weighted by Crippen LogP contribution is 2.40. The Morgan fingerprint density at radius 2 is 2.03 bits per heavy atom. The SMILES string of the molecule is CCOC(=O)c1cn(C/C=C2/CN(C(C(=O)C3CC3)c3ccccc3F)CCC2SC(C)=O)nn1. The van der Waals surface area contributed by atoms with Gasteiger partial charge in [-0.15, -0.1) is 5.10 Å². The smallest absolute Gasteiger partial charge is 0.360 e.